The third kappa shape index (κ3) is 2.05. The standard InChI is InChI=1S/C10H7BrN4/c11-9-7(4-5-12)14-10(15-9)8-3-1-2-6-13-8/h1-3,6H,4H2,(H,14,15). The number of rotatable bonds is 2. The summed E-state index contributed by atoms with van der Waals surface area (Å²) in [6.45, 7) is 0. The summed E-state index contributed by atoms with van der Waals surface area (Å²) in [4.78, 5) is 11.5. The molecule has 0 saturated heterocycles. The van der Waals surface area contributed by atoms with E-state index in [1.54, 1.807) is 6.20 Å². The summed E-state index contributed by atoms with van der Waals surface area (Å²) in [5.74, 6) is 0.674. The summed E-state index contributed by atoms with van der Waals surface area (Å²) in [5, 5.41) is 8.59. The molecule has 0 aliphatic carbocycles. The highest BCUT2D eigenvalue weighted by molar-refractivity contribution is 9.10. The number of nitrogens with one attached hydrogen (secondary N) is 1. The molecule has 0 atom stereocenters. The van der Waals surface area contributed by atoms with Crippen molar-refractivity contribution in [3.8, 4) is 17.6 Å². The van der Waals surface area contributed by atoms with E-state index < -0.39 is 0 Å². The van der Waals surface area contributed by atoms with Crippen molar-refractivity contribution in [3.63, 3.8) is 0 Å². The highest BCUT2D eigenvalue weighted by Gasteiger charge is 2.09. The van der Waals surface area contributed by atoms with Crippen molar-refractivity contribution in [2.75, 3.05) is 0 Å². The number of nitrogens with zero attached hydrogens (tertiary/aromatic N) is 3. The van der Waals surface area contributed by atoms with Gasteiger partial charge in [-0.3, -0.25) is 4.98 Å². The van der Waals surface area contributed by atoms with Gasteiger partial charge in [-0.05, 0) is 28.1 Å². The zero-order valence-corrected chi connectivity index (χ0v) is 9.32. The van der Waals surface area contributed by atoms with Gasteiger partial charge < -0.3 is 4.98 Å². The third-order valence-corrected chi connectivity index (χ3v) is 2.55. The van der Waals surface area contributed by atoms with Gasteiger partial charge in [0.05, 0.1) is 18.2 Å². The van der Waals surface area contributed by atoms with Crippen LogP contribution in [0.5, 0.6) is 0 Å². The second-order valence-corrected chi connectivity index (χ2v) is 3.66. The number of halogens is 1. The van der Waals surface area contributed by atoms with Crippen LogP contribution in [0.2, 0.25) is 0 Å². The van der Waals surface area contributed by atoms with Gasteiger partial charge in [-0.15, -0.1) is 0 Å². The smallest absolute Gasteiger partial charge is 0.157 e. The van der Waals surface area contributed by atoms with Crippen LogP contribution < -0.4 is 0 Å². The fraction of sp³-hybridized carbons (Fsp3) is 0.100. The molecular weight excluding hydrogens is 256 g/mol. The molecule has 5 heteroatoms. The maximum Gasteiger partial charge on any atom is 0.157 e. The molecule has 0 bridgehead atoms. The van der Waals surface area contributed by atoms with Crippen LogP contribution in [0.25, 0.3) is 11.5 Å². The highest BCUT2D eigenvalue weighted by Crippen LogP contribution is 2.20. The van der Waals surface area contributed by atoms with Crippen LogP contribution in [-0.2, 0) is 6.42 Å². The summed E-state index contributed by atoms with van der Waals surface area (Å²) in [6, 6.07) is 7.67. The molecule has 2 heterocycles. The molecule has 1 N–H and O–H groups in total. The summed E-state index contributed by atoms with van der Waals surface area (Å²) >= 11 is 3.29. The number of pyridine rings is 1. The predicted molar refractivity (Wildman–Crippen MR) is 58.8 cm³/mol. The molecule has 0 aromatic carbocycles. The Labute approximate surface area is 95.1 Å². The van der Waals surface area contributed by atoms with E-state index in [1.165, 1.54) is 0 Å². The van der Waals surface area contributed by atoms with E-state index in [4.69, 9.17) is 5.26 Å². The Morgan fingerprint density at radius 3 is 3.00 bits per heavy atom. The minimum Gasteiger partial charge on any atom is -0.339 e. The Balaban J connectivity index is 2.40. The van der Waals surface area contributed by atoms with Crippen LogP contribution in [0.3, 0.4) is 0 Å². The molecule has 0 saturated carbocycles. The van der Waals surface area contributed by atoms with E-state index in [9.17, 15) is 0 Å². The summed E-state index contributed by atoms with van der Waals surface area (Å²) in [6.07, 6.45) is 2.01. The third-order valence-electron chi connectivity index (χ3n) is 1.89. The monoisotopic (exact) mass is 262 g/mol. The predicted octanol–water partition coefficient (Wildman–Crippen LogP) is 2.30. The Hall–Kier alpha value is -1.67. The molecule has 2 aromatic rings. The van der Waals surface area contributed by atoms with Crippen molar-refractivity contribution in [2.45, 2.75) is 6.42 Å². The Kier molecular flexibility index (Phi) is 2.79. The van der Waals surface area contributed by atoms with Crippen molar-refractivity contribution >= 4 is 15.9 Å². The SMILES string of the molecule is N#CCc1[nH]c(-c2ccccn2)nc1Br. The van der Waals surface area contributed by atoms with Gasteiger partial charge in [0.15, 0.2) is 5.82 Å². The summed E-state index contributed by atoms with van der Waals surface area (Å²) < 4.78 is 0.671. The summed E-state index contributed by atoms with van der Waals surface area (Å²) in [7, 11) is 0. The van der Waals surface area contributed by atoms with Gasteiger partial charge in [0.25, 0.3) is 0 Å². The number of H-pyrrole nitrogens is 1. The molecule has 0 unspecified atom stereocenters. The zero-order valence-electron chi connectivity index (χ0n) is 7.74. The number of imidazole rings is 1. The normalized spacial score (nSPS) is 9.87. The first-order valence-corrected chi connectivity index (χ1v) is 5.13. The molecule has 74 valence electrons. The average molecular weight is 263 g/mol. The van der Waals surface area contributed by atoms with Gasteiger partial charge in [-0.2, -0.15) is 5.26 Å². The van der Waals surface area contributed by atoms with Crippen LogP contribution in [-0.4, -0.2) is 15.0 Å². The van der Waals surface area contributed by atoms with Crippen LogP contribution in [0.4, 0.5) is 0 Å². The van der Waals surface area contributed by atoms with E-state index >= 15 is 0 Å². The van der Waals surface area contributed by atoms with Gasteiger partial charge in [0.2, 0.25) is 0 Å². The number of aromatic nitrogens is 3. The lowest BCUT2D eigenvalue weighted by atomic mass is 10.3. The lowest BCUT2D eigenvalue weighted by Crippen LogP contribution is -1.85. The van der Waals surface area contributed by atoms with Gasteiger partial charge in [0.1, 0.15) is 10.3 Å². The van der Waals surface area contributed by atoms with E-state index in [-0.39, 0.29) is 0 Å². The molecule has 15 heavy (non-hydrogen) atoms. The molecule has 4 nitrogen and oxygen atoms in total. The largest absolute Gasteiger partial charge is 0.339 e. The van der Waals surface area contributed by atoms with E-state index in [1.807, 2.05) is 18.2 Å². The molecule has 0 spiro atoms. The molecule has 0 aliphatic heterocycles. The molecule has 2 rings (SSSR count). The molecule has 0 fully saturated rings. The topological polar surface area (TPSA) is 65.4 Å². The maximum atomic E-state index is 8.59. The number of hydrogen-bond donors (Lipinski definition) is 1. The number of nitriles is 1. The van der Waals surface area contributed by atoms with Crippen molar-refractivity contribution in [1.29, 1.82) is 5.26 Å². The summed E-state index contributed by atoms with van der Waals surface area (Å²) in [5.41, 5.74) is 1.54. The average Bonchev–Trinajstić information content (AvgIpc) is 2.63. The van der Waals surface area contributed by atoms with E-state index in [2.05, 4.69) is 37.0 Å². The lowest BCUT2D eigenvalue weighted by molar-refractivity contribution is 1.14. The van der Waals surface area contributed by atoms with Crippen LogP contribution in [0, 0.1) is 11.3 Å². The van der Waals surface area contributed by atoms with Gasteiger partial charge in [-0.1, -0.05) is 6.07 Å². The second kappa shape index (κ2) is 4.24. The fourth-order valence-corrected chi connectivity index (χ4v) is 1.63. The molecule has 0 aliphatic rings. The van der Waals surface area contributed by atoms with Gasteiger partial charge in [0, 0.05) is 6.20 Å². The van der Waals surface area contributed by atoms with Crippen molar-refractivity contribution < 1.29 is 0 Å². The Bertz CT molecular complexity index is 498. The second-order valence-electron chi connectivity index (χ2n) is 2.90. The number of aromatic amines is 1. The van der Waals surface area contributed by atoms with Crippen LogP contribution in [0.15, 0.2) is 29.0 Å². The molecular formula is C10H7BrN4. The lowest BCUT2D eigenvalue weighted by Gasteiger charge is -1.92. The van der Waals surface area contributed by atoms with E-state index in [0.717, 1.165) is 11.4 Å². The maximum absolute atomic E-state index is 8.59. The minimum absolute atomic E-state index is 0.306. The van der Waals surface area contributed by atoms with Crippen LogP contribution in [0.1, 0.15) is 5.69 Å². The van der Waals surface area contributed by atoms with Gasteiger partial charge >= 0.3 is 0 Å². The molecule has 0 amide bonds. The Morgan fingerprint density at radius 1 is 1.47 bits per heavy atom. The molecule has 0 radical (unpaired) electrons. The zero-order chi connectivity index (χ0) is 10.7. The van der Waals surface area contributed by atoms with Crippen molar-refractivity contribution in [2.24, 2.45) is 0 Å². The van der Waals surface area contributed by atoms with Crippen LogP contribution >= 0.6 is 15.9 Å². The number of hydrogen-bond acceptors (Lipinski definition) is 3. The first kappa shape index (κ1) is 9.87. The first-order chi connectivity index (χ1) is 7.31. The quantitative estimate of drug-likeness (QED) is 0.904. The van der Waals surface area contributed by atoms with Crippen molar-refractivity contribution in [3.05, 3.63) is 34.7 Å². The Morgan fingerprint density at radius 2 is 2.33 bits per heavy atom. The molecule has 2 aromatic heterocycles. The highest BCUT2D eigenvalue weighted by atomic mass is 79.9. The fourth-order valence-electron chi connectivity index (χ4n) is 1.21. The van der Waals surface area contributed by atoms with E-state index in [0.29, 0.717) is 16.8 Å². The van der Waals surface area contributed by atoms with Gasteiger partial charge in [-0.25, -0.2) is 4.98 Å². The van der Waals surface area contributed by atoms with Crippen molar-refractivity contribution in [1.82, 2.24) is 15.0 Å². The first-order valence-electron chi connectivity index (χ1n) is 4.34. The minimum atomic E-state index is 0.306.